The monoisotopic (exact) mass is 321 g/mol. The van der Waals surface area contributed by atoms with Crippen molar-refractivity contribution in [3.8, 4) is 0 Å². The van der Waals surface area contributed by atoms with E-state index in [-0.39, 0.29) is 6.09 Å². The first-order valence-electron chi connectivity index (χ1n) is 8.48. The van der Waals surface area contributed by atoms with Gasteiger partial charge in [-0.15, -0.1) is 0 Å². The van der Waals surface area contributed by atoms with E-state index in [0.29, 0.717) is 25.6 Å². The van der Waals surface area contributed by atoms with Crippen molar-refractivity contribution >= 4 is 17.9 Å². The number of rotatable bonds is 7. The Hall–Kier alpha value is -2.05. The highest BCUT2D eigenvalue weighted by Gasteiger charge is 2.22. The number of unbranched alkanes of at least 4 members (excludes halogenated alkanes) is 2. The third kappa shape index (κ3) is 5.26. The van der Waals surface area contributed by atoms with E-state index >= 15 is 0 Å². The van der Waals surface area contributed by atoms with Gasteiger partial charge in [0.15, 0.2) is 0 Å². The smallest absolute Gasteiger partial charge is 0.409 e. The Kier molecular flexibility index (Phi) is 6.90. The maximum atomic E-state index is 11.7. The SMILES string of the molecule is CCCCCNc1nccc(N2CCN(C(=O)OCC)CC2)n1. The first kappa shape index (κ1) is 17.3. The molecule has 1 saturated heterocycles. The minimum atomic E-state index is -0.229. The predicted molar refractivity (Wildman–Crippen MR) is 90.9 cm³/mol. The van der Waals surface area contributed by atoms with Crippen LogP contribution >= 0.6 is 0 Å². The molecular formula is C16H27N5O2. The Balaban J connectivity index is 1.84. The van der Waals surface area contributed by atoms with Gasteiger partial charge in [-0.05, 0) is 19.4 Å². The molecule has 1 aliphatic heterocycles. The number of hydrogen-bond acceptors (Lipinski definition) is 6. The van der Waals surface area contributed by atoms with Crippen molar-refractivity contribution in [3.05, 3.63) is 12.3 Å². The Bertz CT molecular complexity index is 489. The summed E-state index contributed by atoms with van der Waals surface area (Å²) in [7, 11) is 0. The molecule has 0 aromatic carbocycles. The quantitative estimate of drug-likeness (QED) is 0.777. The molecule has 0 atom stereocenters. The Labute approximate surface area is 138 Å². The maximum absolute atomic E-state index is 11.7. The van der Waals surface area contributed by atoms with Crippen molar-refractivity contribution in [2.45, 2.75) is 33.1 Å². The summed E-state index contributed by atoms with van der Waals surface area (Å²) < 4.78 is 5.04. The molecule has 7 nitrogen and oxygen atoms in total. The normalized spacial score (nSPS) is 14.7. The molecule has 2 rings (SSSR count). The molecule has 0 unspecified atom stereocenters. The van der Waals surface area contributed by atoms with Gasteiger partial charge in [-0.1, -0.05) is 19.8 Å². The van der Waals surface area contributed by atoms with Crippen LogP contribution in [-0.2, 0) is 4.74 Å². The molecule has 0 spiro atoms. The molecule has 0 bridgehead atoms. The summed E-state index contributed by atoms with van der Waals surface area (Å²) in [5.41, 5.74) is 0. The number of nitrogens with zero attached hydrogens (tertiary/aromatic N) is 4. The fourth-order valence-corrected chi connectivity index (χ4v) is 2.52. The summed E-state index contributed by atoms with van der Waals surface area (Å²) in [6.07, 6.45) is 5.09. The minimum absolute atomic E-state index is 0.229. The van der Waals surface area contributed by atoms with Crippen molar-refractivity contribution < 1.29 is 9.53 Å². The van der Waals surface area contributed by atoms with Gasteiger partial charge in [0.05, 0.1) is 6.61 Å². The number of nitrogens with one attached hydrogen (secondary N) is 1. The summed E-state index contributed by atoms with van der Waals surface area (Å²) in [5.74, 6) is 1.58. The summed E-state index contributed by atoms with van der Waals surface area (Å²) in [6, 6.07) is 1.91. The molecule has 1 aromatic rings. The number of piperazine rings is 1. The molecule has 1 fully saturated rings. The zero-order chi connectivity index (χ0) is 16.5. The standard InChI is InChI=1S/C16H27N5O2/c1-3-5-6-8-17-15-18-9-7-14(19-15)20-10-12-21(13-11-20)16(22)23-4-2/h7,9H,3-6,8,10-13H2,1-2H3,(H,17,18,19). The van der Waals surface area contributed by atoms with Gasteiger partial charge in [-0.25, -0.2) is 9.78 Å². The lowest BCUT2D eigenvalue weighted by atomic mass is 10.2. The van der Waals surface area contributed by atoms with Crippen LogP contribution in [0.2, 0.25) is 0 Å². The summed E-state index contributed by atoms with van der Waals surface area (Å²) >= 11 is 0. The Morgan fingerprint density at radius 2 is 2.04 bits per heavy atom. The highest BCUT2D eigenvalue weighted by molar-refractivity contribution is 5.68. The third-order valence-corrected chi connectivity index (χ3v) is 3.83. The molecule has 23 heavy (non-hydrogen) atoms. The van der Waals surface area contributed by atoms with E-state index in [2.05, 4.69) is 27.1 Å². The zero-order valence-electron chi connectivity index (χ0n) is 14.1. The Morgan fingerprint density at radius 1 is 1.26 bits per heavy atom. The number of amides is 1. The van der Waals surface area contributed by atoms with Gasteiger partial charge in [0.1, 0.15) is 5.82 Å². The molecule has 0 radical (unpaired) electrons. The van der Waals surface area contributed by atoms with E-state index in [1.54, 1.807) is 11.1 Å². The number of ether oxygens (including phenoxy) is 1. The number of anilines is 2. The molecule has 0 aliphatic carbocycles. The van der Waals surface area contributed by atoms with Crippen LogP contribution in [0.3, 0.4) is 0 Å². The van der Waals surface area contributed by atoms with Crippen LogP contribution < -0.4 is 10.2 Å². The lowest BCUT2D eigenvalue weighted by molar-refractivity contribution is 0.105. The van der Waals surface area contributed by atoms with E-state index in [1.165, 1.54) is 12.8 Å². The summed E-state index contributed by atoms with van der Waals surface area (Å²) in [5, 5.41) is 3.27. The number of aromatic nitrogens is 2. The van der Waals surface area contributed by atoms with Crippen LogP contribution in [0.1, 0.15) is 33.1 Å². The van der Waals surface area contributed by atoms with Crippen LogP contribution in [0.5, 0.6) is 0 Å². The molecular weight excluding hydrogens is 294 g/mol. The molecule has 1 amide bonds. The molecule has 128 valence electrons. The fourth-order valence-electron chi connectivity index (χ4n) is 2.52. The van der Waals surface area contributed by atoms with Crippen molar-refractivity contribution in [2.24, 2.45) is 0 Å². The fraction of sp³-hybridized carbons (Fsp3) is 0.688. The average Bonchev–Trinajstić information content (AvgIpc) is 2.59. The van der Waals surface area contributed by atoms with Crippen molar-refractivity contribution in [1.82, 2.24) is 14.9 Å². The second kappa shape index (κ2) is 9.17. The maximum Gasteiger partial charge on any atom is 0.409 e. The van der Waals surface area contributed by atoms with Crippen molar-refractivity contribution in [3.63, 3.8) is 0 Å². The van der Waals surface area contributed by atoms with Crippen LogP contribution in [0.4, 0.5) is 16.6 Å². The first-order chi connectivity index (χ1) is 11.2. The third-order valence-electron chi connectivity index (χ3n) is 3.83. The lowest BCUT2D eigenvalue weighted by Crippen LogP contribution is -2.49. The van der Waals surface area contributed by atoms with Crippen LogP contribution in [0.15, 0.2) is 12.3 Å². The second-order valence-corrected chi connectivity index (χ2v) is 5.55. The van der Waals surface area contributed by atoms with Crippen molar-refractivity contribution in [1.29, 1.82) is 0 Å². The van der Waals surface area contributed by atoms with E-state index in [9.17, 15) is 4.79 Å². The molecule has 0 saturated carbocycles. The van der Waals surface area contributed by atoms with E-state index in [0.717, 1.165) is 31.9 Å². The van der Waals surface area contributed by atoms with Gasteiger partial charge < -0.3 is 19.9 Å². The highest BCUT2D eigenvalue weighted by Crippen LogP contribution is 2.15. The van der Waals surface area contributed by atoms with Crippen LogP contribution in [0, 0.1) is 0 Å². The van der Waals surface area contributed by atoms with Gasteiger partial charge in [0.25, 0.3) is 0 Å². The highest BCUT2D eigenvalue weighted by atomic mass is 16.6. The van der Waals surface area contributed by atoms with Crippen LogP contribution in [-0.4, -0.2) is 60.3 Å². The van der Waals surface area contributed by atoms with E-state index in [1.807, 2.05) is 13.0 Å². The predicted octanol–water partition coefficient (Wildman–Crippen LogP) is 2.36. The molecule has 1 aromatic heterocycles. The summed E-state index contributed by atoms with van der Waals surface area (Å²) in [6.45, 7) is 8.14. The van der Waals surface area contributed by atoms with Gasteiger partial charge in [-0.2, -0.15) is 4.98 Å². The molecule has 1 N–H and O–H groups in total. The largest absolute Gasteiger partial charge is 0.450 e. The summed E-state index contributed by atoms with van der Waals surface area (Å²) in [4.78, 5) is 24.5. The number of carbonyl (C=O) groups excluding carboxylic acids is 1. The first-order valence-corrected chi connectivity index (χ1v) is 8.48. The molecule has 7 heteroatoms. The van der Waals surface area contributed by atoms with Crippen molar-refractivity contribution in [2.75, 3.05) is 49.5 Å². The zero-order valence-corrected chi connectivity index (χ0v) is 14.1. The van der Waals surface area contributed by atoms with Gasteiger partial charge >= 0.3 is 6.09 Å². The topological polar surface area (TPSA) is 70.6 Å². The second-order valence-electron chi connectivity index (χ2n) is 5.55. The van der Waals surface area contributed by atoms with Gasteiger partial charge in [-0.3, -0.25) is 0 Å². The number of carbonyl (C=O) groups is 1. The van der Waals surface area contributed by atoms with Gasteiger partial charge in [0.2, 0.25) is 5.95 Å². The lowest BCUT2D eigenvalue weighted by Gasteiger charge is -2.34. The molecule has 1 aliphatic rings. The van der Waals surface area contributed by atoms with Gasteiger partial charge in [0, 0.05) is 38.9 Å². The van der Waals surface area contributed by atoms with E-state index in [4.69, 9.17) is 4.74 Å². The van der Waals surface area contributed by atoms with E-state index < -0.39 is 0 Å². The minimum Gasteiger partial charge on any atom is -0.450 e. The average molecular weight is 321 g/mol. The molecule has 2 heterocycles. The Morgan fingerprint density at radius 3 is 2.74 bits per heavy atom. The number of hydrogen-bond donors (Lipinski definition) is 1. The van der Waals surface area contributed by atoms with Crippen LogP contribution in [0.25, 0.3) is 0 Å².